The first-order valence-corrected chi connectivity index (χ1v) is 5.57. The Morgan fingerprint density at radius 3 is 2.44 bits per heavy atom. The molecule has 0 radical (unpaired) electrons. The Morgan fingerprint density at radius 2 is 1.69 bits per heavy atom. The van der Waals surface area contributed by atoms with Crippen molar-refractivity contribution in [3.8, 4) is 5.13 Å². The molecular weight excluding hydrogens is 240 g/mol. The zero-order valence-corrected chi connectivity index (χ0v) is 9.95. The molecule has 0 aliphatic rings. The summed E-state index contributed by atoms with van der Waals surface area (Å²) in [5.41, 5.74) is 1.06. The van der Waals surface area contributed by atoms with E-state index in [9.17, 15) is 0 Å². The molecule has 2 heterocycles. The summed E-state index contributed by atoms with van der Waals surface area (Å²) in [7, 11) is 0. The highest BCUT2D eigenvalue weighted by Crippen LogP contribution is 2.20. The van der Waals surface area contributed by atoms with E-state index in [0.717, 1.165) is 10.6 Å². The number of hydrogen-bond acceptors (Lipinski definition) is 2. The van der Waals surface area contributed by atoms with Gasteiger partial charge in [0.25, 0.3) is 0 Å². The second-order valence-corrected chi connectivity index (χ2v) is 4.26. The summed E-state index contributed by atoms with van der Waals surface area (Å²) in [5.74, 6) is 0. The van der Waals surface area contributed by atoms with Crippen LogP contribution in [0, 0.1) is 0 Å². The molecule has 0 fully saturated rings. The molecule has 2 aromatic heterocycles. The molecule has 0 saturated carbocycles. The van der Waals surface area contributed by atoms with Gasteiger partial charge in [-0.3, -0.25) is 0 Å². The fourth-order valence-electron chi connectivity index (χ4n) is 1.50. The number of aromatic nitrogens is 2. The first-order chi connectivity index (χ1) is 7.43. The van der Waals surface area contributed by atoms with Crippen LogP contribution in [0.25, 0.3) is 15.3 Å². The number of pyridine rings is 1. The van der Waals surface area contributed by atoms with Crippen LogP contribution in [-0.4, -0.2) is 4.98 Å². The van der Waals surface area contributed by atoms with Crippen LogP contribution in [-0.2, 0) is 0 Å². The van der Waals surface area contributed by atoms with Crippen molar-refractivity contribution >= 4 is 21.6 Å². The Labute approximate surface area is 104 Å². The van der Waals surface area contributed by atoms with Gasteiger partial charge in [0.15, 0.2) is 5.52 Å². The Bertz CT molecular complexity index is 559. The van der Waals surface area contributed by atoms with Crippen molar-refractivity contribution in [2.45, 2.75) is 0 Å². The van der Waals surface area contributed by atoms with E-state index in [0.29, 0.717) is 0 Å². The molecule has 1 aromatic carbocycles. The molecule has 4 heteroatoms. The number of rotatable bonds is 1. The highest BCUT2D eigenvalue weighted by atomic mass is 35.5. The first-order valence-electron chi connectivity index (χ1n) is 4.76. The van der Waals surface area contributed by atoms with Crippen LogP contribution < -0.4 is 17.0 Å². The number of halogens is 1. The van der Waals surface area contributed by atoms with Gasteiger partial charge in [-0.25, -0.2) is 0 Å². The smallest absolute Gasteiger partial charge is 0.388 e. The summed E-state index contributed by atoms with van der Waals surface area (Å²) in [5, 5.41) is 1.01. The van der Waals surface area contributed by atoms with E-state index in [4.69, 9.17) is 0 Å². The van der Waals surface area contributed by atoms with Crippen LogP contribution in [0.3, 0.4) is 0 Å². The van der Waals surface area contributed by atoms with Crippen molar-refractivity contribution < 1.29 is 17.0 Å². The maximum absolute atomic E-state index is 4.56. The standard InChI is InChI=1S/C12H9N2S.ClH/c1-4-8-14(9-5-1)12-13-10-6-2-3-7-11(10)15-12;/h1-9H;1H/q+1;/p-1. The quantitative estimate of drug-likeness (QED) is 0.535. The van der Waals surface area contributed by atoms with E-state index in [2.05, 4.69) is 11.1 Å². The molecule has 0 aliphatic carbocycles. The molecule has 0 atom stereocenters. The maximum Gasteiger partial charge on any atom is 0.388 e. The fourth-order valence-corrected chi connectivity index (χ4v) is 2.43. The highest BCUT2D eigenvalue weighted by Gasteiger charge is 2.13. The second kappa shape index (κ2) is 4.60. The zero-order valence-electron chi connectivity index (χ0n) is 8.38. The van der Waals surface area contributed by atoms with Crippen molar-refractivity contribution in [3.05, 3.63) is 54.9 Å². The average molecular weight is 249 g/mol. The molecule has 3 rings (SSSR count). The lowest BCUT2D eigenvalue weighted by atomic mass is 10.3. The van der Waals surface area contributed by atoms with E-state index in [-0.39, 0.29) is 12.4 Å². The summed E-state index contributed by atoms with van der Waals surface area (Å²) in [6.45, 7) is 0. The number of fused-ring (bicyclic) bond motifs is 1. The molecule has 0 spiro atoms. The number of hydrogen-bond donors (Lipinski definition) is 0. The van der Waals surface area contributed by atoms with Crippen LogP contribution in [0.1, 0.15) is 0 Å². The predicted molar refractivity (Wildman–Crippen MR) is 61.2 cm³/mol. The Balaban J connectivity index is 0.000000963. The third-order valence-corrected chi connectivity index (χ3v) is 3.27. The van der Waals surface area contributed by atoms with Crippen LogP contribution >= 0.6 is 11.3 Å². The molecule has 0 aliphatic heterocycles. The lowest BCUT2D eigenvalue weighted by Gasteiger charge is -1.87. The van der Waals surface area contributed by atoms with Gasteiger partial charge in [-0.15, -0.1) is 0 Å². The van der Waals surface area contributed by atoms with Gasteiger partial charge in [-0.05, 0) is 40.6 Å². The largest absolute Gasteiger partial charge is 1.00 e. The first kappa shape index (κ1) is 11.0. The maximum atomic E-state index is 4.56. The minimum atomic E-state index is 0. The number of thiazole rings is 1. The van der Waals surface area contributed by atoms with Crippen molar-refractivity contribution in [1.82, 2.24) is 4.98 Å². The Kier molecular flexibility index (Phi) is 3.17. The summed E-state index contributed by atoms with van der Waals surface area (Å²) in [4.78, 5) is 4.56. The van der Waals surface area contributed by atoms with Gasteiger partial charge in [-0.2, -0.15) is 4.57 Å². The third-order valence-electron chi connectivity index (χ3n) is 2.22. The van der Waals surface area contributed by atoms with Gasteiger partial charge in [-0.1, -0.05) is 18.2 Å². The van der Waals surface area contributed by atoms with E-state index >= 15 is 0 Å². The SMILES string of the molecule is [Cl-].c1cc[n+](-c2nc3ccccc3s2)cc1. The number of benzene rings is 1. The fraction of sp³-hybridized carbons (Fsp3) is 0. The molecule has 0 N–H and O–H groups in total. The van der Waals surface area contributed by atoms with Crippen molar-refractivity contribution in [2.24, 2.45) is 0 Å². The third kappa shape index (κ3) is 1.92. The molecule has 0 saturated heterocycles. The van der Waals surface area contributed by atoms with Crippen LogP contribution in [0.5, 0.6) is 0 Å². The topological polar surface area (TPSA) is 16.8 Å². The molecule has 80 valence electrons. The predicted octanol–water partition coefficient (Wildman–Crippen LogP) is -0.423. The Hall–Kier alpha value is -1.45. The molecular formula is C12H9ClN2S. The second-order valence-electron chi connectivity index (χ2n) is 3.25. The normalized spacial score (nSPS) is 10.0. The van der Waals surface area contributed by atoms with Crippen molar-refractivity contribution in [1.29, 1.82) is 0 Å². The monoisotopic (exact) mass is 248 g/mol. The summed E-state index contributed by atoms with van der Waals surface area (Å²) in [6.07, 6.45) is 4.02. The molecule has 3 aromatic rings. The van der Waals surface area contributed by atoms with Gasteiger partial charge >= 0.3 is 5.13 Å². The van der Waals surface area contributed by atoms with Gasteiger partial charge in [0, 0.05) is 0 Å². The summed E-state index contributed by atoms with van der Waals surface area (Å²) >= 11 is 1.70. The van der Waals surface area contributed by atoms with E-state index in [1.165, 1.54) is 4.70 Å². The van der Waals surface area contributed by atoms with Crippen molar-refractivity contribution in [2.75, 3.05) is 0 Å². The van der Waals surface area contributed by atoms with E-state index in [1.54, 1.807) is 11.3 Å². The average Bonchev–Trinajstić information content (AvgIpc) is 2.74. The van der Waals surface area contributed by atoms with Gasteiger partial charge < -0.3 is 12.4 Å². The molecule has 0 bridgehead atoms. The van der Waals surface area contributed by atoms with Crippen LogP contribution in [0.15, 0.2) is 54.9 Å². The van der Waals surface area contributed by atoms with Gasteiger partial charge in [0.2, 0.25) is 0 Å². The minimum absolute atomic E-state index is 0. The molecule has 16 heavy (non-hydrogen) atoms. The van der Waals surface area contributed by atoms with E-state index < -0.39 is 0 Å². The van der Waals surface area contributed by atoms with Gasteiger partial charge in [0.05, 0.1) is 17.1 Å². The minimum Gasteiger partial charge on any atom is -1.00 e. The molecule has 0 amide bonds. The lowest BCUT2D eigenvalue weighted by molar-refractivity contribution is -0.595. The van der Waals surface area contributed by atoms with Crippen molar-refractivity contribution in [3.63, 3.8) is 0 Å². The van der Waals surface area contributed by atoms with Crippen LogP contribution in [0.2, 0.25) is 0 Å². The molecule has 2 nitrogen and oxygen atoms in total. The molecule has 0 unspecified atom stereocenters. The number of para-hydroxylation sites is 1. The lowest BCUT2D eigenvalue weighted by Crippen LogP contribution is -3.00. The Morgan fingerprint density at radius 1 is 0.938 bits per heavy atom. The van der Waals surface area contributed by atoms with E-state index in [1.807, 2.05) is 53.4 Å². The highest BCUT2D eigenvalue weighted by molar-refractivity contribution is 7.20. The summed E-state index contributed by atoms with van der Waals surface area (Å²) in [6, 6.07) is 14.2. The summed E-state index contributed by atoms with van der Waals surface area (Å²) < 4.78 is 3.26. The zero-order chi connectivity index (χ0) is 10.1. The number of nitrogens with zero attached hydrogens (tertiary/aromatic N) is 2. The van der Waals surface area contributed by atoms with Gasteiger partial charge in [0.1, 0.15) is 0 Å². The van der Waals surface area contributed by atoms with Crippen LogP contribution in [0.4, 0.5) is 0 Å².